The second-order valence-electron chi connectivity index (χ2n) is 5.64. The third-order valence-corrected chi connectivity index (χ3v) is 5.70. The number of amides is 1. The number of hydrogen-bond donors (Lipinski definition) is 1. The van der Waals surface area contributed by atoms with Gasteiger partial charge < -0.3 is 14.8 Å². The predicted octanol–water partition coefficient (Wildman–Crippen LogP) is 3.61. The van der Waals surface area contributed by atoms with E-state index < -0.39 is 0 Å². The fourth-order valence-electron chi connectivity index (χ4n) is 2.22. The molecule has 0 radical (unpaired) electrons. The molecule has 0 fully saturated rings. The van der Waals surface area contributed by atoms with Gasteiger partial charge in [-0.3, -0.25) is 9.59 Å². The van der Waals surface area contributed by atoms with Gasteiger partial charge in [-0.05, 0) is 31.2 Å². The van der Waals surface area contributed by atoms with Crippen LogP contribution in [0.25, 0.3) is 11.3 Å². The Hall–Kier alpha value is -2.06. The highest BCUT2D eigenvalue weighted by Gasteiger charge is 2.15. The maximum absolute atomic E-state index is 12.1. The molecule has 6 nitrogen and oxygen atoms in total. The Morgan fingerprint density at radius 1 is 1.27 bits per heavy atom. The molecule has 0 aliphatic heterocycles. The molecular formula is C18H22N2O4S2. The van der Waals surface area contributed by atoms with E-state index in [-0.39, 0.29) is 23.5 Å². The van der Waals surface area contributed by atoms with Crippen LogP contribution in [0, 0.1) is 12.8 Å². The fraction of sp³-hybridized carbons (Fsp3) is 0.389. The van der Waals surface area contributed by atoms with E-state index in [1.807, 2.05) is 31.2 Å². The quantitative estimate of drug-likeness (QED) is 0.689. The number of thioether (sulfide) groups is 1. The van der Waals surface area contributed by atoms with E-state index >= 15 is 0 Å². The van der Waals surface area contributed by atoms with E-state index in [2.05, 4.69) is 15.0 Å². The fourth-order valence-corrected chi connectivity index (χ4v) is 3.94. The van der Waals surface area contributed by atoms with Gasteiger partial charge in [-0.15, -0.1) is 11.3 Å². The van der Waals surface area contributed by atoms with Crippen molar-refractivity contribution in [2.75, 3.05) is 31.0 Å². The highest BCUT2D eigenvalue weighted by molar-refractivity contribution is 8.00. The van der Waals surface area contributed by atoms with Gasteiger partial charge >= 0.3 is 5.97 Å². The van der Waals surface area contributed by atoms with Crippen LogP contribution in [0.4, 0.5) is 5.13 Å². The lowest BCUT2D eigenvalue weighted by molar-refractivity contribution is -0.144. The minimum Gasteiger partial charge on any atom is -0.497 e. The molecule has 0 bridgehead atoms. The number of anilines is 1. The van der Waals surface area contributed by atoms with Crippen molar-refractivity contribution in [1.29, 1.82) is 0 Å². The van der Waals surface area contributed by atoms with Crippen LogP contribution in [0.3, 0.4) is 0 Å². The van der Waals surface area contributed by atoms with E-state index in [9.17, 15) is 9.59 Å². The predicted molar refractivity (Wildman–Crippen MR) is 106 cm³/mol. The van der Waals surface area contributed by atoms with E-state index in [0.717, 1.165) is 21.9 Å². The number of esters is 1. The van der Waals surface area contributed by atoms with Gasteiger partial charge in [-0.1, -0.05) is 6.92 Å². The molecule has 0 saturated heterocycles. The van der Waals surface area contributed by atoms with Crippen molar-refractivity contribution in [3.63, 3.8) is 0 Å². The smallest absolute Gasteiger partial charge is 0.309 e. The molecule has 1 aromatic carbocycles. The number of hydrogen-bond acceptors (Lipinski definition) is 7. The molecule has 0 aliphatic rings. The van der Waals surface area contributed by atoms with Crippen molar-refractivity contribution < 1.29 is 19.1 Å². The maximum Gasteiger partial charge on any atom is 0.309 e. The summed E-state index contributed by atoms with van der Waals surface area (Å²) in [4.78, 5) is 29.0. The number of carbonyl (C=O) groups is 2. The van der Waals surface area contributed by atoms with Gasteiger partial charge in [0.2, 0.25) is 5.91 Å². The van der Waals surface area contributed by atoms with Crippen LogP contribution >= 0.6 is 23.1 Å². The van der Waals surface area contributed by atoms with Crippen molar-refractivity contribution in [2.24, 2.45) is 5.92 Å². The highest BCUT2D eigenvalue weighted by Crippen LogP contribution is 2.31. The van der Waals surface area contributed by atoms with Crippen LogP contribution in [-0.2, 0) is 14.3 Å². The lowest BCUT2D eigenvalue weighted by Gasteiger charge is -2.08. The lowest BCUT2D eigenvalue weighted by atomic mass is 10.1. The van der Waals surface area contributed by atoms with Gasteiger partial charge in [0.05, 0.1) is 31.6 Å². The molecule has 1 amide bonds. The van der Waals surface area contributed by atoms with Gasteiger partial charge in [-0.25, -0.2) is 4.98 Å². The van der Waals surface area contributed by atoms with Crippen molar-refractivity contribution in [1.82, 2.24) is 4.98 Å². The monoisotopic (exact) mass is 394 g/mol. The average Bonchev–Trinajstić information content (AvgIpc) is 3.00. The van der Waals surface area contributed by atoms with Crippen LogP contribution in [0.5, 0.6) is 5.75 Å². The first kappa shape index (κ1) is 20.3. The summed E-state index contributed by atoms with van der Waals surface area (Å²) in [6.07, 6.45) is 0. The van der Waals surface area contributed by atoms with Crippen LogP contribution in [0.2, 0.25) is 0 Å². The number of carbonyl (C=O) groups excluding carboxylic acids is 2. The molecule has 2 aromatic rings. The van der Waals surface area contributed by atoms with Crippen LogP contribution < -0.4 is 10.1 Å². The standard InChI is InChI=1S/C18H22N2O4S2/c1-11(17(22)24-4)9-25-10-15(21)19-18-20-16(12(2)26-18)13-5-7-14(23-3)8-6-13/h5-8,11H,9-10H2,1-4H3,(H,19,20,21). The zero-order valence-corrected chi connectivity index (χ0v) is 16.8. The molecule has 26 heavy (non-hydrogen) atoms. The number of benzene rings is 1. The zero-order valence-electron chi connectivity index (χ0n) is 15.2. The number of methoxy groups -OCH3 is 2. The Morgan fingerprint density at radius 2 is 1.96 bits per heavy atom. The Kier molecular flexibility index (Phi) is 7.47. The zero-order chi connectivity index (χ0) is 19.1. The Morgan fingerprint density at radius 3 is 2.58 bits per heavy atom. The Balaban J connectivity index is 1.91. The first-order valence-corrected chi connectivity index (χ1v) is 9.99. The molecule has 2 rings (SSSR count). The number of nitrogens with one attached hydrogen (secondary N) is 1. The number of ether oxygens (including phenoxy) is 2. The Bertz CT molecular complexity index is 759. The second kappa shape index (κ2) is 9.59. The molecule has 1 aromatic heterocycles. The summed E-state index contributed by atoms with van der Waals surface area (Å²) in [7, 11) is 2.99. The van der Waals surface area contributed by atoms with Crippen molar-refractivity contribution >= 4 is 40.1 Å². The summed E-state index contributed by atoms with van der Waals surface area (Å²) in [6, 6.07) is 7.64. The topological polar surface area (TPSA) is 77.5 Å². The SMILES string of the molecule is COC(=O)C(C)CSCC(=O)Nc1nc(-c2ccc(OC)cc2)c(C)s1. The van der Waals surface area contributed by atoms with Crippen LogP contribution in [0.1, 0.15) is 11.8 Å². The summed E-state index contributed by atoms with van der Waals surface area (Å²) >= 11 is 2.83. The van der Waals surface area contributed by atoms with E-state index in [1.54, 1.807) is 14.0 Å². The molecule has 140 valence electrons. The summed E-state index contributed by atoms with van der Waals surface area (Å²) in [6.45, 7) is 3.75. The summed E-state index contributed by atoms with van der Waals surface area (Å²) < 4.78 is 9.83. The largest absolute Gasteiger partial charge is 0.497 e. The first-order valence-electron chi connectivity index (χ1n) is 8.01. The molecule has 0 aliphatic carbocycles. The molecule has 8 heteroatoms. The summed E-state index contributed by atoms with van der Waals surface area (Å²) in [5, 5.41) is 3.39. The van der Waals surface area contributed by atoms with Crippen molar-refractivity contribution in [2.45, 2.75) is 13.8 Å². The summed E-state index contributed by atoms with van der Waals surface area (Å²) in [5.41, 5.74) is 1.82. The number of rotatable bonds is 8. The molecule has 1 atom stereocenters. The van der Waals surface area contributed by atoms with Gasteiger partial charge in [0.25, 0.3) is 0 Å². The number of aryl methyl sites for hydroxylation is 1. The first-order chi connectivity index (χ1) is 12.4. The van der Waals surface area contributed by atoms with Crippen LogP contribution in [-0.4, -0.2) is 42.6 Å². The molecular weight excluding hydrogens is 372 g/mol. The third-order valence-electron chi connectivity index (χ3n) is 3.61. The Labute approximate surface area is 161 Å². The molecule has 0 saturated carbocycles. The summed E-state index contributed by atoms with van der Waals surface area (Å²) in [5.74, 6) is 0.945. The molecule has 0 spiro atoms. The number of nitrogens with zero attached hydrogens (tertiary/aromatic N) is 1. The van der Waals surface area contributed by atoms with Gasteiger partial charge in [0, 0.05) is 16.2 Å². The lowest BCUT2D eigenvalue weighted by Crippen LogP contribution is -2.18. The second-order valence-corrected chi connectivity index (χ2v) is 7.87. The number of thiazole rings is 1. The van der Waals surface area contributed by atoms with Crippen molar-refractivity contribution in [3.8, 4) is 17.0 Å². The van der Waals surface area contributed by atoms with Crippen molar-refractivity contribution in [3.05, 3.63) is 29.1 Å². The van der Waals surface area contributed by atoms with Crippen LogP contribution in [0.15, 0.2) is 24.3 Å². The van der Waals surface area contributed by atoms with E-state index in [0.29, 0.717) is 10.9 Å². The molecule has 1 heterocycles. The van der Waals surface area contributed by atoms with E-state index in [4.69, 9.17) is 4.74 Å². The maximum atomic E-state index is 12.1. The normalized spacial score (nSPS) is 11.7. The average molecular weight is 395 g/mol. The van der Waals surface area contributed by atoms with E-state index in [1.165, 1.54) is 30.2 Å². The van der Waals surface area contributed by atoms with Gasteiger partial charge in [0.15, 0.2) is 5.13 Å². The molecule has 1 N–H and O–H groups in total. The third kappa shape index (κ3) is 5.47. The highest BCUT2D eigenvalue weighted by atomic mass is 32.2. The minimum absolute atomic E-state index is 0.137. The minimum atomic E-state index is -0.266. The number of aromatic nitrogens is 1. The molecule has 1 unspecified atom stereocenters. The van der Waals surface area contributed by atoms with Gasteiger partial charge in [-0.2, -0.15) is 11.8 Å². The van der Waals surface area contributed by atoms with Gasteiger partial charge in [0.1, 0.15) is 5.75 Å².